The molecule has 1 aliphatic heterocycles. The maximum absolute atomic E-state index is 12.4. The van der Waals surface area contributed by atoms with E-state index in [1.165, 1.54) is 0 Å². The van der Waals surface area contributed by atoms with Gasteiger partial charge in [-0.1, -0.05) is 11.6 Å². The van der Waals surface area contributed by atoms with E-state index in [2.05, 4.69) is 10.3 Å². The Morgan fingerprint density at radius 2 is 1.83 bits per heavy atom. The number of nitrogens with one attached hydrogen (secondary N) is 1. The SMILES string of the molecule is O=C(CCc1ncc(-c2ccc(Cl)cc2)o1)Nc1ccc2c(c1)OC1(CCCC1)O2. The van der Waals surface area contributed by atoms with Crippen molar-refractivity contribution < 1.29 is 18.7 Å². The lowest BCUT2D eigenvalue weighted by atomic mass is 10.2. The number of aromatic nitrogens is 1. The number of aryl methyl sites for hydroxylation is 1. The van der Waals surface area contributed by atoms with E-state index in [9.17, 15) is 4.79 Å². The van der Waals surface area contributed by atoms with E-state index in [1.54, 1.807) is 18.3 Å². The summed E-state index contributed by atoms with van der Waals surface area (Å²) in [5, 5.41) is 3.57. The minimum Gasteiger partial charge on any atom is -0.448 e. The summed E-state index contributed by atoms with van der Waals surface area (Å²) < 4.78 is 17.8. The topological polar surface area (TPSA) is 73.6 Å². The largest absolute Gasteiger partial charge is 0.448 e. The van der Waals surface area contributed by atoms with Crippen LogP contribution in [0.1, 0.15) is 38.0 Å². The summed E-state index contributed by atoms with van der Waals surface area (Å²) in [6.07, 6.45) is 6.35. The Labute approximate surface area is 179 Å². The number of hydrogen-bond acceptors (Lipinski definition) is 5. The average Bonchev–Trinajstić information content (AvgIpc) is 3.47. The van der Waals surface area contributed by atoms with Crippen LogP contribution in [0.3, 0.4) is 0 Å². The van der Waals surface area contributed by atoms with E-state index < -0.39 is 5.79 Å². The van der Waals surface area contributed by atoms with Gasteiger partial charge in [0.05, 0.1) is 6.20 Å². The molecule has 1 spiro atoms. The number of oxazole rings is 1. The van der Waals surface area contributed by atoms with Gasteiger partial charge in [-0.05, 0) is 49.2 Å². The molecule has 2 aliphatic rings. The van der Waals surface area contributed by atoms with Gasteiger partial charge in [0, 0.05) is 48.0 Å². The number of nitrogens with zero attached hydrogens (tertiary/aromatic N) is 1. The summed E-state index contributed by atoms with van der Waals surface area (Å²) in [6.45, 7) is 0. The highest BCUT2D eigenvalue weighted by atomic mass is 35.5. The van der Waals surface area contributed by atoms with Gasteiger partial charge in [0.1, 0.15) is 0 Å². The van der Waals surface area contributed by atoms with Crippen molar-refractivity contribution in [2.24, 2.45) is 0 Å². The summed E-state index contributed by atoms with van der Waals surface area (Å²) in [5.41, 5.74) is 1.58. The Kier molecular flexibility index (Phi) is 4.87. The molecule has 1 aliphatic carbocycles. The molecule has 1 saturated carbocycles. The van der Waals surface area contributed by atoms with Crippen LogP contribution in [0.2, 0.25) is 5.02 Å². The number of rotatable bonds is 5. The van der Waals surface area contributed by atoms with Gasteiger partial charge >= 0.3 is 0 Å². The molecule has 1 N–H and O–H groups in total. The van der Waals surface area contributed by atoms with Gasteiger partial charge in [0.25, 0.3) is 5.79 Å². The van der Waals surface area contributed by atoms with Crippen LogP contribution in [-0.2, 0) is 11.2 Å². The third-order valence-corrected chi connectivity index (χ3v) is 5.68. The Hall–Kier alpha value is -2.99. The molecule has 6 nitrogen and oxygen atoms in total. The van der Waals surface area contributed by atoms with Crippen LogP contribution >= 0.6 is 11.6 Å². The molecule has 5 rings (SSSR count). The first-order chi connectivity index (χ1) is 14.6. The number of hydrogen-bond donors (Lipinski definition) is 1. The molecular weight excluding hydrogens is 404 g/mol. The van der Waals surface area contributed by atoms with Crippen LogP contribution in [0.4, 0.5) is 5.69 Å². The van der Waals surface area contributed by atoms with E-state index in [0.717, 1.165) is 37.0 Å². The maximum Gasteiger partial charge on any atom is 0.251 e. The first-order valence-corrected chi connectivity index (χ1v) is 10.5. The number of carbonyl (C=O) groups is 1. The van der Waals surface area contributed by atoms with Crippen LogP contribution < -0.4 is 14.8 Å². The van der Waals surface area contributed by atoms with Gasteiger partial charge < -0.3 is 19.2 Å². The highest BCUT2D eigenvalue weighted by Crippen LogP contribution is 2.47. The molecule has 30 heavy (non-hydrogen) atoms. The number of carbonyl (C=O) groups excluding carboxylic acids is 1. The summed E-state index contributed by atoms with van der Waals surface area (Å²) in [4.78, 5) is 16.6. The first-order valence-electron chi connectivity index (χ1n) is 10.1. The van der Waals surface area contributed by atoms with Crippen LogP contribution in [0.15, 0.2) is 53.1 Å². The number of halogens is 1. The quantitative estimate of drug-likeness (QED) is 0.576. The second-order valence-electron chi connectivity index (χ2n) is 7.66. The summed E-state index contributed by atoms with van der Waals surface area (Å²) >= 11 is 5.91. The Balaban J connectivity index is 1.17. The fourth-order valence-corrected chi connectivity index (χ4v) is 4.03. The molecular formula is C23H21ClN2O4. The zero-order chi connectivity index (χ0) is 20.6. The molecule has 0 radical (unpaired) electrons. The molecule has 1 amide bonds. The van der Waals surface area contributed by atoms with Crippen molar-refractivity contribution in [1.29, 1.82) is 0 Å². The third-order valence-electron chi connectivity index (χ3n) is 5.43. The van der Waals surface area contributed by atoms with Crippen molar-refractivity contribution in [3.63, 3.8) is 0 Å². The summed E-state index contributed by atoms with van der Waals surface area (Å²) in [6, 6.07) is 12.8. The third kappa shape index (κ3) is 3.87. The van der Waals surface area contributed by atoms with E-state index in [-0.39, 0.29) is 12.3 Å². The van der Waals surface area contributed by atoms with Crippen molar-refractivity contribution in [2.75, 3.05) is 5.32 Å². The molecule has 3 aromatic rings. The number of ether oxygens (including phenoxy) is 2. The number of amides is 1. The highest BCUT2D eigenvalue weighted by molar-refractivity contribution is 6.30. The molecule has 7 heteroatoms. The van der Waals surface area contributed by atoms with Gasteiger partial charge in [-0.2, -0.15) is 0 Å². The zero-order valence-electron chi connectivity index (χ0n) is 16.3. The molecule has 2 heterocycles. The van der Waals surface area contributed by atoms with Crippen LogP contribution in [0.25, 0.3) is 11.3 Å². The average molecular weight is 425 g/mol. The van der Waals surface area contributed by atoms with Crippen LogP contribution in [0.5, 0.6) is 11.5 Å². The minimum atomic E-state index is -0.502. The first kappa shape index (κ1) is 19.0. The number of fused-ring (bicyclic) bond motifs is 1. The Bertz CT molecular complexity index is 1070. The normalized spacial score (nSPS) is 16.2. The minimum absolute atomic E-state index is 0.115. The van der Waals surface area contributed by atoms with Crippen molar-refractivity contribution in [3.05, 3.63) is 59.6 Å². The van der Waals surface area contributed by atoms with Gasteiger partial charge in [-0.25, -0.2) is 4.98 Å². The van der Waals surface area contributed by atoms with E-state index >= 15 is 0 Å². The van der Waals surface area contributed by atoms with Crippen LogP contribution in [0, 0.1) is 0 Å². The number of benzene rings is 2. The van der Waals surface area contributed by atoms with Crippen molar-refractivity contribution in [3.8, 4) is 22.8 Å². The summed E-state index contributed by atoms with van der Waals surface area (Å²) in [7, 11) is 0. The monoisotopic (exact) mass is 424 g/mol. The fourth-order valence-electron chi connectivity index (χ4n) is 3.91. The smallest absolute Gasteiger partial charge is 0.251 e. The molecule has 1 aromatic heterocycles. The predicted octanol–water partition coefficient (Wildman–Crippen LogP) is 5.61. The molecule has 2 aromatic carbocycles. The molecule has 0 unspecified atom stereocenters. The lowest BCUT2D eigenvalue weighted by Gasteiger charge is -2.21. The van der Waals surface area contributed by atoms with Crippen molar-refractivity contribution >= 4 is 23.2 Å². The Morgan fingerprint density at radius 1 is 1.07 bits per heavy atom. The highest BCUT2D eigenvalue weighted by Gasteiger charge is 2.44. The van der Waals surface area contributed by atoms with E-state index in [0.29, 0.717) is 34.5 Å². The van der Waals surface area contributed by atoms with Gasteiger partial charge in [-0.15, -0.1) is 0 Å². The maximum atomic E-state index is 12.4. The summed E-state index contributed by atoms with van der Waals surface area (Å²) in [5.74, 6) is 1.98. The van der Waals surface area contributed by atoms with Crippen molar-refractivity contribution in [1.82, 2.24) is 4.98 Å². The van der Waals surface area contributed by atoms with E-state index in [1.807, 2.05) is 30.3 Å². The standard InChI is InChI=1S/C23H21ClN2O4/c24-16-5-3-15(4-6-16)20-14-25-22(28-20)10-9-21(27)26-17-7-8-18-19(13-17)30-23(29-18)11-1-2-12-23/h3-8,13-14H,1-2,9-12H2,(H,26,27). The number of anilines is 1. The lowest BCUT2D eigenvalue weighted by molar-refractivity contribution is -0.116. The van der Waals surface area contributed by atoms with Gasteiger partial charge in [-0.3, -0.25) is 4.79 Å². The zero-order valence-corrected chi connectivity index (χ0v) is 17.1. The van der Waals surface area contributed by atoms with E-state index in [4.69, 9.17) is 25.5 Å². The lowest BCUT2D eigenvalue weighted by Crippen LogP contribution is -2.34. The fraction of sp³-hybridized carbons (Fsp3) is 0.304. The molecule has 0 atom stereocenters. The second-order valence-corrected chi connectivity index (χ2v) is 8.09. The Morgan fingerprint density at radius 3 is 2.63 bits per heavy atom. The molecule has 0 bridgehead atoms. The van der Waals surface area contributed by atoms with Gasteiger partial charge in [0.2, 0.25) is 5.91 Å². The molecule has 1 fully saturated rings. The second kappa shape index (κ2) is 7.69. The molecule has 0 saturated heterocycles. The van der Waals surface area contributed by atoms with Gasteiger partial charge in [0.15, 0.2) is 23.1 Å². The van der Waals surface area contributed by atoms with Crippen LogP contribution in [-0.4, -0.2) is 16.7 Å². The predicted molar refractivity (Wildman–Crippen MR) is 113 cm³/mol. The molecule has 154 valence electrons. The van der Waals surface area contributed by atoms with Crippen molar-refractivity contribution in [2.45, 2.75) is 44.3 Å².